The zero-order valence-electron chi connectivity index (χ0n) is 11.6. The van der Waals surface area contributed by atoms with Gasteiger partial charge in [-0.2, -0.15) is 13.2 Å². The lowest BCUT2D eigenvalue weighted by atomic mass is 9.97. The molecule has 2 N–H and O–H groups in total. The van der Waals surface area contributed by atoms with Gasteiger partial charge in [-0.3, -0.25) is 0 Å². The summed E-state index contributed by atoms with van der Waals surface area (Å²) in [4.78, 5) is 9.48. The SMILES string of the molecule is OCCN1CCC(CNc2nccc(C(F)(F)F)n2)CC1. The highest BCUT2D eigenvalue weighted by Gasteiger charge is 2.32. The average molecular weight is 304 g/mol. The predicted molar refractivity (Wildman–Crippen MR) is 71.8 cm³/mol. The van der Waals surface area contributed by atoms with Gasteiger partial charge in [0.2, 0.25) is 5.95 Å². The van der Waals surface area contributed by atoms with E-state index in [9.17, 15) is 13.2 Å². The van der Waals surface area contributed by atoms with Crippen molar-refractivity contribution in [3.8, 4) is 0 Å². The third-order valence-electron chi connectivity index (χ3n) is 3.62. The summed E-state index contributed by atoms with van der Waals surface area (Å²) < 4.78 is 37.6. The van der Waals surface area contributed by atoms with Gasteiger partial charge in [0.05, 0.1) is 6.61 Å². The number of likely N-dealkylation sites (tertiary alicyclic amines) is 1. The average Bonchev–Trinajstić information content (AvgIpc) is 2.46. The quantitative estimate of drug-likeness (QED) is 0.865. The number of rotatable bonds is 5. The minimum absolute atomic E-state index is 0.0163. The van der Waals surface area contributed by atoms with Crippen molar-refractivity contribution >= 4 is 5.95 Å². The maximum Gasteiger partial charge on any atom is 0.433 e. The lowest BCUT2D eigenvalue weighted by Gasteiger charge is -2.31. The second-order valence-electron chi connectivity index (χ2n) is 5.15. The molecular formula is C13H19F3N4O. The van der Waals surface area contributed by atoms with Gasteiger partial charge in [-0.15, -0.1) is 0 Å². The number of alkyl halides is 3. The van der Waals surface area contributed by atoms with Crippen LogP contribution in [0, 0.1) is 5.92 Å². The Bertz CT molecular complexity index is 447. The molecule has 8 heteroatoms. The highest BCUT2D eigenvalue weighted by atomic mass is 19.4. The van der Waals surface area contributed by atoms with E-state index in [1.54, 1.807) is 0 Å². The van der Waals surface area contributed by atoms with E-state index in [-0.39, 0.29) is 12.6 Å². The van der Waals surface area contributed by atoms with Crippen molar-refractivity contribution in [3.63, 3.8) is 0 Å². The van der Waals surface area contributed by atoms with Crippen LogP contribution in [0.1, 0.15) is 18.5 Å². The van der Waals surface area contributed by atoms with Crippen LogP contribution in [-0.4, -0.2) is 52.8 Å². The molecule has 2 heterocycles. The molecule has 0 spiro atoms. The van der Waals surface area contributed by atoms with Crippen LogP contribution in [0.25, 0.3) is 0 Å². The van der Waals surface area contributed by atoms with Crippen LogP contribution in [0.15, 0.2) is 12.3 Å². The Hall–Kier alpha value is -1.41. The second kappa shape index (κ2) is 7.04. The highest BCUT2D eigenvalue weighted by molar-refractivity contribution is 5.26. The van der Waals surface area contributed by atoms with E-state index < -0.39 is 11.9 Å². The van der Waals surface area contributed by atoms with Gasteiger partial charge in [-0.05, 0) is 37.9 Å². The third kappa shape index (κ3) is 4.82. The van der Waals surface area contributed by atoms with Gasteiger partial charge in [0.15, 0.2) is 0 Å². The van der Waals surface area contributed by atoms with Crippen molar-refractivity contribution in [2.24, 2.45) is 5.92 Å². The summed E-state index contributed by atoms with van der Waals surface area (Å²) in [5.74, 6) is 0.403. The summed E-state index contributed by atoms with van der Waals surface area (Å²) in [7, 11) is 0. The molecular weight excluding hydrogens is 285 g/mol. The van der Waals surface area contributed by atoms with E-state index in [0.29, 0.717) is 19.0 Å². The molecule has 1 aliphatic rings. The number of piperidine rings is 1. The number of hydrogen-bond acceptors (Lipinski definition) is 5. The molecule has 0 radical (unpaired) electrons. The zero-order chi connectivity index (χ0) is 15.3. The molecule has 0 saturated carbocycles. The third-order valence-corrected chi connectivity index (χ3v) is 3.62. The number of aromatic nitrogens is 2. The van der Waals surface area contributed by atoms with Crippen LogP contribution in [0.3, 0.4) is 0 Å². The number of aliphatic hydroxyl groups is 1. The van der Waals surface area contributed by atoms with E-state index in [2.05, 4.69) is 20.2 Å². The van der Waals surface area contributed by atoms with Crippen molar-refractivity contribution in [2.75, 3.05) is 38.1 Å². The summed E-state index contributed by atoms with van der Waals surface area (Å²) in [6, 6.07) is 0.860. The summed E-state index contributed by atoms with van der Waals surface area (Å²) in [6.45, 7) is 3.19. The molecule has 0 bridgehead atoms. The fourth-order valence-electron chi connectivity index (χ4n) is 2.39. The summed E-state index contributed by atoms with van der Waals surface area (Å²) in [5, 5.41) is 11.7. The van der Waals surface area contributed by atoms with Crippen LogP contribution in [-0.2, 0) is 6.18 Å². The molecule has 1 aliphatic heterocycles. The van der Waals surface area contributed by atoms with Crippen molar-refractivity contribution in [3.05, 3.63) is 18.0 Å². The Morgan fingerprint density at radius 3 is 2.67 bits per heavy atom. The Balaban J connectivity index is 1.81. The normalized spacial score (nSPS) is 17.9. The monoisotopic (exact) mass is 304 g/mol. The Labute approximate surface area is 121 Å². The Kier molecular flexibility index (Phi) is 5.35. The molecule has 1 aromatic rings. The van der Waals surface area contributed by atoms with Crippen LogP contribution >= 0.6 is 0 Å². The summed E-state index contributed by atoms with van der Waals surface area (Å²) in [5.41, 5.74) is -0.933. The van der Waals surface area contributed by atoms with E-state index in [0.717, 1.165) is 38.2 Å². The van der Waals surface area contributed by atoms with Gasteiger partial charge >= 0.3 is 6.18 Å². The number of anilines is 1. The van der Waals surface area contributed by atoms with Crippen molar-refractivity contribution in [1.82, 2.24) is 14.9 Å². The molecule has 118 valence electrons. The summed E-state index contributed by atoms with van der Waals surface area (Å²) in [6.07, 6.45) is -1.44. The molecule has 0 aliphatic carbocycles. The van der Waals surface area contributed by atoms with Gasteiger partial charge in [-0.25, -0.2) is 9.97 Å². The Morgan fingerprint density at radius 1 is 1.33 bits per heavy atom. The molecule has 0 amide bonds. The first kappa shape index (κ1) is 16.0. The number of β-amino-alcohol motifs (C(OH)–C–C–N with tert-alkyl or cyclic N) is 1. The standard InChI is InChI=1S/C13H19F3N4O/c14-13(15,16)11-1-4-17-12(19-11)18-9-10-2-5-20(6-3-10)7-8-21/h1,4,10,21H,2-3,5-9H2,(H,17,18,19). The van der Waals surface area contributed by atoms with Crippen LogP contribution in [0.2, 0.25) is 0 Å². The first-order valence-electron chi connectivity index (χ1n) is 6.96. The summed E-state index contributed by atoms with van der Waals surface area (Å²) >= 11 is 0. The maximum absolute atomic E-state index is 12.5. The Morgan fingerprint density at radius 2 is 2.05 bits per heavy atom. The van der Waals surface area contributed by atoms with Crippen molar-refractivity contribution in [2.45, 2.75) is 19.0 Å². The van der Waals surface area contributed by atoms with Gasteiger partial charge in [-0.1, -0.05) is 0 Å². The van der Waals surface area contributed by atoms with Crippen molar-refractivity contribution < 1.29 is 18.3 Å². The maximum atomic E-state index is 12.5. The van der Waals surface area contributed by atoms with Gasteiger partial charge < -0.3 is 15.3 Å². The van der Waals surface area contributed by atoms with E-state index in [4.69, 9.17) is 5.11 Å². The van der Waals surface area contributed by atoms with E-state index >= 15 is 0 Å². The number of nitrogens with zero attached hydrogens (tertiary/aromatic N) is 3. The minimum atomic E-state index is -4.45. The van der Waals surface area contributed by atoms with E-state index in [1.165, 1.54) is 0 Å². The number of hydrogen-bond donors (Lipinski definition) is 2. The van der Waals surface area contributed by atoms with Gasteiger partial charge in [0, 0.05) is 19.3 Å². The zero-order valence-corrected chi connectivity index (χ0v) is 11.6. The topological polar surface area (TPSA) is 61.3 Å². The fourth-order valence-corrected chi connectivity index (χ4v) is 2.39. The fraction of sp³-hybridized carbons (Fsp3) is 0.692. The lowest BCUT2D eigenvalue weighted by Crippen LogP contribution is -2.37. The molecule has 2 rings (SSSR count). The number of halogens is 3. The largest absolute Gasteiger partial charge is 0.433 e. The van der Waals surface area contributed by atoms with Crippen LogP contribution in [0.4, 0.5) is 19.1 Å². The molecule has 0 atom stereocenters. The number of nitrogens with one attached hydrogen (secondary N) is 1. The van der Waals surface area contributed by atoms with E-state index in [1.807, 2.05) is 0 Å². The lowest BCUT2D eigenvalue weighted by molar-refractivity contribution is -0.141. The molecule has 0 unspecified atom stereocenters. The smallest absolute Gasteiger partial charge is 0.395 e. The molecule has 1 aromatic heterocycles. The predicted octanol–water partition coefficient (Wildman–Crippen LogP) is 1.61. The highest BCUT2D eigenvalue weighted by Crippen LogP contribution is 2.27. The number of aliphatic hydroxyl groups excluding tert-OH is 1. The van der Waals surface area contributed by atoms with Crippen LogP contribution < -0.4 is 5.32 Å². The first-order chi connectivity index (χ1) is 9.99. The molecule has 21 heavy (non-hydrogen) atoms. The molecule has 0 aromatic carbocycles. The molecule has 1 fully saturated rings. The van der Waals surface area contributed by atoms with Crippen molar-refractivity contribution in [1.29, 1.82) is 0 Å². The first-order valence-corrected chi connectivity index (χ1v) is 6.96. The second-order valence-corrected chi connectivity index (χ2v) is 5.15. The van der Waals surface area contributed by atoms with Gasteiger partial charge in [0.1, 0.15) is 5.69 Å². The minimum Gasteiger partial charge on any atom is -0.395 e. The molecule has 5 nitrogen and oxygen atoms in total. The van der Waals surface area contributed by atoms with Gasteiger partial charge in [0.25, 0.3) is 0 Å². The van der Waals surface area contributed by atoms with Crippen LogP contribution in [0.5, 0.6) is 0 Å². The molecule has 1 saturated heterocycles.